The number of rotatable bonds is 4. The summed E-state index contributed by atoms with van der Waals surface area (Å²) in [5.74, 6) is 1.23. The van der Waals surface area contributed by atoms with E-state index in [4.69, 9.17) is 9.47 Å². The monoisotopic (exact) mass is 362 g/mol. The Bertz CT molecular complexity index is 597. The summed E-state index contributed by atoms with van der Waals surface area (Å²) in [5, 5.41) is 3.42. The molecule has 24 heavy (non-hydrogen) atoms. The number of alkyl halides is 2. The van der Waals surface area contributed by atoms with Gasteiger partial charge in [-0.15, -0.1) is 12.4 Å². The van der Waals surface area contributed by atoms with Gasteiger partial charge in [0.1, 0.15) is 5.75 Å². The molecule has 0 aromatic heterocycles. The highest BCUT2D eigenvalue weighted by atomic mass is 35.5. The number of nitrogens with zero attached hydrogens (tertiary/aromatic N) is 1. The van der Waals surface area contributed by atoms with Crippen molar-refractivity contribution in [3.8, 4) is 17.2 Å². The van der Waals surface area contributed by atoms with Gasteiger partial charge < -0.3 is 19.5 Å². The maximum absolute atomic E-state index is 12.7. The lowest BCUT2D eigenvalue weighted by Gasteiger charge is -2.23. The predicted octanol–water partition coefficient (Wildman–Crippen LogP) is 2.62. The number of nitrogens with one attached hydrogen (secondary N) is 1. The first kappa shape index (κ1) is 17.5. The number of hydrogen-bond donors (Lipinski definition) is 1. The van der Waals surface area contributed by atoms with Crippen molar-refractivity contribution in [2.45, 2.75) is 26.0 Å². The number of benzene rings is 1. The van der Waals surface area contributed by atoms with Crippen LogP contribution in [0.2, 0.25) is 0 Å². The molecule has 3 aliphatic rings. The van der Waals surface area contributed by atoms with Crippen molar-refractivity contribution in [1.82, 2.24) is 10.2 Å². The molecule has 1 unspecified atom stereocenters. The summed E-state index contributed by atoms with van der Waals surface area (Å²) in [6.07, 6.45) is 2.33. The van der Waals surface area contributed by atoms with Crippen LogP contribution >= 0.6 is 12.4 Å². The van der Waals surface area contributed by atoms with E-state index in [1.807, 2.05) is 0 Å². The Morgan fingerprint density at radius 1 is 1.25 bits per heavy atom. The highest BCUT2D eigenvalue weighted by Gasteiger charge is 2.40. The molecule has 3 heterocycles. The zero-order chi connectivity index (χ0) is 15.9. The fourth-order valence-electron chi connectivity index (χ4n) is 3.84. The summed E-state index contributed by atoms with van der Waals surface area (Å²) in [6.45, 7) is 1.93. The van der Waals surface area contributed by atoms with Gasteiger partial charge in [0.15, 0.2) is 11.5 Å². The summed E-state index contributed by atoms with van der Waals surface area (Å²) in [7, 11) is 0. The van der Waals surface area contributed by atoms with E-state index >= 15 is 0 Å². The van der Waals surface area contributed by atoms with Gasteiger partial charge in [-0.2, -0.15) is 8.78 Å². The molecular formula is C16H21ClF2N2O3. The highest BCUT2D eigenvalue weighted by Crippen LogP contribution is 2.41. The summed E-state index contributed by atoms with van der Waals surface area (Å²) < 4.78 is 40.7. The van der Waals surface area contributed by atoms with Crippen LogP contribution in [0.4, 0.5) is 8.78 Å². The number of hydrogen-bond acceptors (Lipinski definition) is 5. The lowest BCUT2D eigenvalue weighted by atomic mass is 9.86. The van der Waals surface area contributed by atoms with Gasteiger partial charge in [0.2, 0.25) is 6.79 Å². The van der Waals surface area contributed by atoms with E-state index in [0.717, 1.165) is 38.2 Å². The van der Waals surface area contributed by atoms with Crippen LogP contribution in [0.25, 0.3) is 0 Å². The quantitative estimate of drug-likeness (QED) is 0.892. The second-order valence-electron chi connectivity index (χ2n) is 6.58. The van der Waals surface area contributed by atoms with E-state index in [1.54, 1.807) is 6.07 Å². The van der Waals surface area contributed by atoms with E-state index in [-0.39, 0.29) is 24.9 Å². The van der Waals surface area contributed by atoms with Gasteiger partial charge >= 0.3 is 6.61 Å². The smallest absolute Gasteiger partial charge is 0.387 e. The molecule has 1 spiro atoms. The third kappa shape index (κ3) is 3.38. The fraction of sp³-hybridized carbons (Fsp3) is 0.625. The number of likely N-dealkylation sites (tertiary alicyclic amines) is 1. The standard InChI is InChI=1S/C16H20F2N2O3.ClH/c17-15(18)23-12-6-14-13(21-10-22-14)5-11(12)7-20-4-2-16(9-20)1-3-19-8-16;/h5-6,15,19H,1-4,7-10H2;1H. The lowest BCUT2D eigenvalue weighted by Crippen LogP contribution is -2.29. The highest BCUT2D eigenvalue weighted by molar-refractivity contribution is 5.85. The van der Waals surface area contributed by atoms with E-state index in [9.17, 15) is 8.78 Å². The van der Waals surface area contributed by atoms with Crippen LogP contribution in [0.15, 0.2) is 12.1 Å². The molecule has 1 aromatic rings. The molecule has 2 saturated heterocycles. The van der Waals surface area contributed by atoms with Crippen LogP contribution in [0.5, 0.6) is 17.2 Å². The third-order valence-corrected chi connectivity index (χ3v) is 5.02. The molecule has 0 aliphatic carbocycles. The van der Waals surface area contributed by atoms with Crippen molar-refractivity contribution in [1.29, 1.82) is 0 Å². The molecule has 0 amide bonds. The van der Waals surface area contributed by atoms with Gasteiger partial charge in [-0.1, -0.05) is 0 Å². The Hall–Kier alpha value is -1.31. The molecule has 134 valence electrons. The van der Waals surface area contributed by atoms with E-state index < -0.39 is 6.61 Å². The SMILES string of the molecule is Cl.FC(F)Oc1cc2c(cc1CN1CCC3(CCNC3)C1)OCO2. The Labute approximate surface area is 145 Å². The first-order valence-corrected chi connectivity index (χ1v) is 7.94. The van der Waals surface area contributed by atoms with Crippen molar-refractivity contribution in [3.05, 3.63) is 17.7 Å². The molecule has 0 radical (unpaired) electrons. The molecule has 1 aromatic carbocycles. The minimum Gasteiger partial charge on any atom is -0.454 e. The average molecular weight is 363 g/mol. The van der Waals surface area contributed by atoms with Crippen LogP contribution in [-0.2, 0) is 6.54 Å². The number of fused-ring (bicyclic) bond motifs is 1. The molecular weight excluding hydrogens is 342 g/mol. The Morgan fingerprint density at radius 3 is 2.75 bits per heavy atom. The van der Waals surface area contributed by atoms with Gasteiger partial charge in [-0.3, -0.25) is 4.90 Å². The van der Waals surface area contributed by atoms with Crippen molar-refractivity contribution in [2.24, 2.45) is 5.41 Å². The molecule has 4 rings (SSSR count). The minimum absolute atomic E-state index is 0. The van der Waals surface area contributed by atoms with Gasteiger partial charge in [0.05, 0.1) is 0 Å². The fourth-order valence-corrected chi connectivity index (χ4v) is 3.84. The first-order valence-electron chi connectivity index (χ1n) is 7.94. The van der Waals surface area contributed by atoms with E-state index in [0.29, 0.717) is 23.5 Å². The number of halogens is 3. The van der Waals surface area contributed by atoms with Gasteiger partial charge in [-0.05, 0) is 37.4 Å². The van der Waals surface area contributed by atoms with Crippen LogP contribution in [0.3, 0.4) is 0 Å². The molecule has 1 N–H and O–H groups in total. The lowest BCUT2D eigenvalue weighted by molar-refractivity contribution is -0.0508. The molecule has 3 aliphatic heterocycles. The van der Waals surface area contributed by atoms with Crippen LogP contribution in [0, 0.1) is 5.41 Å². The predicted molar refractivity (Wildman–Crippen MR) is 86.3 cm³/mol. The largest absolute Gasteiger partial charge is 0.454 e. The van der Waals surface area contributed by atoms with Gasteiger partial charge in [0.25, 0.3) is 0 Å². The van der Waals surface area contributed by atoms with Crippen LogP contribution in [0.1, 0.15) is 18.4 Å². The zero-order valence-electron chi connectivity index (χ0n) is 13.2. The van der Waals surface area contributed by atoms with Gasteiger partial charge in [0, 0.05) is 31.3 Å². The van der Waals surface area contributed by atoms with Crippen molar-refractivity contribution < 1.29 is 23.0 Å². The molecule has 1 atom stereocenters. The molecule has 0 bridgehead atoms. The second kappa shape index (κ2) is 6.90. The third-order valence-electron chi connectivity index (χ3n) is 5.02. The van der Waals surface area contributed by atoms with Gasteiger partial charge in [-0.25, -0.2) is 0 Å². The Kier molecular flexibility index (Phi) is 5.03. The zero-order valence-corrected chi connectivity index (χ0v) is 14.0. The summed E-state index contributed by atoms with van der Waals surface area (Å²) in [4.78, 5) is 2.31. The van der Waals surface area contributed by atoms with E-state index in [1.165, 1.54) is 12.5 Å². The Morgan fingerprint density at radius 2 is 2.04 bits per heavy atom. The normalized spacial score (nSPS) is 25.5. The molecule has 8 heteroatoms. The summed E-state index contributed by atoms with van der Waals surface area (Å²) in [6, 6.07) is 3.27. The average Bonchev–Trinajstić information content (AvgIpc) is 3.22. The molecule has 5 nitrogen and oxygen atoms in total. The van der Waals surface area contributed by atoms with Crippen LogP contribution in [-0.4, -0.2) is 44.5 Å². The summed E-state index contributed by atoms with van der Waals surface area (Å²) >= 11 is 0. The maximum atomic E-state index is 12.7. The minimum atomic E-state index is -2.85. The molecule has 0 saturated carbocycles. The number of ether oxygens (including phenoxy) is 3. The topological polar surface area (TPSA) is 43.0 Å². The maximum Gasteiger partial charge on any atom is 0.387 e. The van der Waals surface area contributed by atoms with Crippen molar-refractivity contribution in [2.75, 3.05) is 33.0 Å². The molecule has 2 fully saturated rings. The Balaban J connectivity index is 0.00000169. The second-order valence-corrected chi connectivity index (χ2v) is 6.58. The van der Waals surface area contributed by atoms with Crippen LogP contribution < -0.4 is 19.5 Å². The summed E-state index contributed by atoms with van der Waals surface area (Å²) in [5.41, 5.74) is 1.07. The van der Waals surface area contributed by atoms with Crippen molar-refractivity contribution in [3.63, 3.8) is 0 Å². The van der Waals surface area contributed by atoms with E-state index in [2.05, 4.69) is 15.0 Å². The first-order chi connectivity index (χ1) is 11.1. The van der Waals surface area contributed by atoms with Crippen molar-refractivity contribution >= 4 is 12.4 Å².